The fourth-order valence-corrected chi connectivity index (χ4v) is 5.34. The second kappa shape index (κ2) is 11.8. The molecule has 2 aliphatic rings. The molecular formula is C29H38FN3O2. The van der Waals surface area contributed by atoms with Gasteiger partial charge in [0, 0.05) is 36.7 Å². The van der Waals surface area contributed by atoms with Crippen molar-refractivity contribution < 1.29 is 14.0 Å². The first kappa shape index (κ1) is 25.4. The van der Waals surface area contributed by atoms with Gasteiger partial charge >= 0.3 is 0 Å². The van der Waals surface area contributed by atoms with Crippen LogP contribution in [-0.4, -0.2) is 41.9 Å². The summed E-state index contributed by atoms with van der Waals surface area (Å²) < 4.78 is 14.0. The Morgan fingerprint density at radius 2 is 1.74 bits per heavy atom. The van der Waals surface area contributed by atoms with E-state index >= 15 is 0 Å². The predicted octanol–water partition coefficient (Wildman–Crippen LogP) is 5.24. The maximum absolute atomic E-state index is 14.0. The van der Waals surface area contributed by atoms with Crippen LogP contribution in [0.2, 0.25) is 0 Å². The van der Waals surface area contributed by atoms with Crippen LogP contribution in [-0.2, 0) is 4.79 Å². The summed E-state index contributed by atoms with van der Waals surface area (Å²) in [7, 11) is 0. The van der Waals surface area contributed by atoms with Gasteiger partial charge in [-0.25, -0.2) is 4.39 Å². The number of rotatable bonds is 8. The van der Waals surface area contributed by atoms with Crippen LogP contribution in [0.3, 0.4) is 0 Å². The maximum atomic E-state index is 14.0. The highest BCUT2D eigenvalue weighted by Gasteiger charge is 2.32. The molecule has 1 saturated heterocycles. The first-order chi connectivity index (χ1) is 16.9. The van der Waals surface area contributed by atoms with Crippen molar-refractivity contribution in [2.75, 3.05) is 19.6 Å². The number of benzene rings is 2. The van der Waals surface area contributed by atoms with Crippen molar-refractivity contribution in [3.8, 4) is 0 Å². The minimum atomic E-state index is -0.276. The van der Waals surface area contributed by atoms with Crippen molar-refractivity contribution in [2.45, 2.75) is 69.9 Å². The van der Waals surface area contributed by atoms with Gasteiger partial charge in [0.1, 0.15) is 5.82 Å². The first-order valence-corrected chi connectivity index (χ1v) is 13.1. The highest BCUT2D eigenvalue weighted by atomic mass is 19.1. The molecule has 2 N–H and O–H groups in total. The summed E-state index contributed by atoms with van der Waals surface area (Å²) in [4.78, 5) is 28.0. The second-order valence-electron chi connectivity index (χ2n) is 10.5. The summed E-state index contributed by atoms with van der Waals surface area (Å²) in [5.41, 5.74) is 1.27. The van der Waals surface area contributed by atoms with E-state index in [1.54, 1.807) is 6.07 Å². The van der Waals surface area contributed by atoms with Crippen molar-refractivity contribution in [1.82, 2.24) is 15.5 Å². The number of piperidine rings is 1. The molecule has 5 nitrogen and oxygen atoms in total. The molecule has 0 bridgehead atoms. The molecule has 0 radical (unpaired) electrons. The van der Waals surface area contributed by atoms with Crippen LogP contribution < -0.4 is 10.6 Å². The SMILES string of the molecule is CC1(NC(=O)c2ccccc2)CCN(CC[C@H](NC(=O)C2CCCCC2)c2cccc(F)c2)CC1. The third kappa shape index (κ3) is 7.14. The molecule has 35 heavy (non-hydrogen) atoms. The van der Waals surface area contributed by atoms with Crippen LogP contribution >= 0.6 is 0 Å². The zero-order valence-electron chi connectivity index (χ0n) is 20.8. The van der Waals surface area contributed by atoms with Crippen molar-refractivity contribution in [3.05, 3.63) is 71.5 Å². The van der Waals surface area contributed by atoms with Gasteiger partial charge in [0.25, 0.3) is 5.91 Å². The van der Waals surface area contributed by atoms with E-state index in [9.17, 15) is 14.0 Å². The zero-order chi connectivity index (χ0) is 24.7. The summed E-state index contributed by atoms with van der Waals surface area (Å²) in [6.07, 6.45) is 7.77. The molecule has 0 unspecified atom stereocenters. The lowest BCUT2D eigenvalue weighted by Gasteiger charge is -2.40. The molecule has 1 aliphatic carbocycles. The molecule has 2 amide bonds. The molecule has 0 spiro atoms. The average Bonchev–Trinajstić information content (AvgIpc) is 2.88. The van der Waals surface area contributed by atoms with Crippen LogP contribution in [0, 0.1) is 11.7 Å². The molecule has 0 aromatic heterocycles. The van der Waals surface area contributed by atoms with Gasteiger partial charge in [-0.3, -0.25) is 9.59 Å². The molecule has 6 heteroatoms. The molecule has 188 valence electrons. The Hall–Kier alpha value is -2.73. The molecule has 1 saturated carbocycles. The lowest BCUT2D eigenvalue weighted by molar-refractivity contribution is -0.126. The van der Waals surface area contributed by atoms with E-state index in [0.29, 0.717) is 5.56 Å². The molecule has 2 fully saturated rings. The molecule has 1 heterocycles. The molecule has 1 aliphatic heterocycles. The van der Waals surface area contributed by atoms with E-state index in [-0.39, 0.29) is 35.1 Å². The number of hydrogen-bond acceptors (Lipinski definition) is 3. The fourth-order valence-electron chi connectivity index (χ4n) is 5.34. The van der Waals surface area contributed by atoms with Gasteiger partial charge in [-0.05, 0) is 68.9 Å². The number of halogens is 1. The maximum Gasteiger partial charge on any atom is 0.251 e. The van der Waals surface area contributed by atoms with Crippen LogP contribution in [0.25, 0.3) is 0 Å². The Bertz CT molecular complexity index is 982. The largest absolute Gasteiger partial charge is 0.349 e. The van der Waals surface area contributed by atoms with E-state index in [1.807, 2.05) is 36.4 Å². The predicted molar refractivity (Wildman–Crippen MR) is 136 cm³/mol. The average molecular weight is 480 g/mol. The van der Waals surface area contributed by atoms with E-state index in [4.69, 9.17) is 0 Å². The van der Waals surface area contributed by atoms with Gasteiger partial charge in [-0.2, -0.15) is 0 Å². The molecule has 1 atom stereocenters. The molecule has 2 aromatic rings. The van der Waals surface area contributed by atoms with Gasteiger partial charge in [0.05, 0.1) is 6.04 Å². The summed E-state index contributed by atoms with van der Waals surface area (Å²) in [6, 6.07) is 15.7. The Balaban J connectivity index is 1.32. The van der Waals surface area contributed by atoms with E-state index < -0.39 is 0 Å². The Morgan fingerprint density at radius 1 is 1.03 bits per heavy atom. The third-order valence-electron chi connectivity index (χ3n) is 7.69. The molecule has 2 aromatic carbocycles. The van der Waals surface area contributed by atoms with E-state index in [0.717, 1.165) is 70.1 Å². The van der Waals surface area contributed by atoms with E-state index in [1.165, 1.54) is 18.6 Å². The summed E-state index contributed by atoms with van der Waals surface area (Å²) >= 11 is 0. The molecule has 4 rings (SSSR count). The summed E-state index contributed by atoms with van der Waals surface area (Å²) in [6.45, 7) is 4.68. The van der Waals surface area contributed by atoms with E-state index in [2.05, 4.69) is 22.5 Å². The standard InChI is InChI=1S/C29H38FN3O2/c1-29(32-28(35)23-11-6-3-7-12-23)16-19-33(20-17-29)18-15-26(24-13-8-14-25(30)21-24)31-27(34)22-9-4-2-5-10-22/h3,6-8,11-14,21-22,26H,2,4-5,9-10,15-20H2,1H3,(H,31,34)(H,32,35)/t26-/m0/s1. The Labute approximate surface area is 208 Å². The normalized spacial score (nSPS) is 19.6. The van der Waals surface area contributed by atoms with Gasteiger partial charge < -0.3 is 15.5 Å². The smallest absolute Gasteiger partial charge is 0.251 e. The second-order valence-corrected chi connectivity index (χ2v) is 10.5. The lowest BCUT2D eigenvalue weighted by atomic mass is 9.88. The zero-order valence-corrected chi connectivity index (χ0v) is 20.8. The number of hydrogen-bond donors (Lipinski definition) is 2. The quantitative estimate of drug-likeness (QED) is 0.545. The number of nitrogens with zero attached hydrogens (tertiary/aromatic N) is 1. The number of nitrogens with one attached hydrogen (secondary N) is 2. The third-order valence-corrected chi connectivity index (χ3v) is 7.69. The van der Waals surface area contributed by atoms with Gasteiger partial charge in [0.15, 0.2) is 0 Å². The van der Waals surface area contributed by atoms with Crippen molar-refractivity contribution in [3.63, 3.8) is 0 Å². The van der Waals surface area contributed by atoms with Crippen molar-refractivity contribution >= 4 is 11.8 Å². The summed E-state index contributed by atoms with van der Waals surface area (Å²) in [5, 5.41) is 6.47. The number of carbonyl (C=O) groups is 2. The number of likely N-dealkylation sites (tertiary alicyclic amines) is 1. The van der Waals surface area contributed by atoms with Crippen molar-refractivity contribution in [2.24, 2.45) is 5.92 Å². The monoisotopic (exact) mass is 479 g/mol. The van der Waals surface area contributed by atoms with Crippen LogP contribution in [0.1, 0.15) is 80.3 Å². The highest BCUT2D eigenvalue weighted by molar-refractivity contribution is 5.94. The van der Waals surface area contributed by atoms with Crippen LogP contribution in [0.5, 0.6) is 0 Å². The summed E-state index contributed by atoms with van der Waals surface area (Å²) in [5.74, 6) is -0.127. The minimum Gasteiger partial charge on any atom is -0.349 e. The van der Waals surface area contributed by atoms with Crippen LogP contribution in [0.15, 0.2) is 54.6 Å². The van der Waals surface area contributed by atoms with Gasteiger partial charge in [-0.1, -0.05) is 49.6 Å². The van der Waals surface area contributed by atoms with Crippen LogP contribution in [0.4, 0.5) is 4.39 Å². The highest BCUT2D eigenvalue weighted by Crippen LogP contribution is 2.27. The van der Waals surface area contributed by atoms with Gasteiger partial charge in [0.2, 0.25) is 5.91 Å². The minimum absolute atomic E-state index is 0.0295. The van der Waals surface area contributed by atoms with Gasteiger partial charge in [-0.15, -0.1) is 0 Å². The molecular weight excluding hydrogens is 441 g/mol. The lowest BCUT2D eigenvalue weighted by Crippen LogP contribution is -2.53. The fraction of sp³-hybridized carbons (Fsp3) is 0.517. The Morgan fingerprint density at radius 3 is 2.43 bits per heavy atom. The first-order valence-electron chi connectivity index (χ1n) is 13.1. The number of carbonyl (C=O) groups excluding carboxylic acids is 2. The number of amides is 2. The van der Waals surface area contributed by atoms with Crippen molar-refractivity contribution in [1.29, 1.82) is 0 Å². The topological polar surface area (TPSA) is 61.4 Å². The Kier molecular flexibility index (Phi) is 8.55.